The van der Waals surface area contributed by atoms with E-state index in [-0.39, 0.29) is 0 Å². The van der Waals surface area contributed by atoms with Crippen molar-refractivity contribution in [3.05, 3.63) is 224 Å². The molecule has 0 N–H and O–H groups in total. The number of hydrogen-bond donors (Lipinski definition) is 0. The Morgan fingerprint density at radius 2 is 0.869 bits per heavy atom. The topological polar surface area (TPSA) is 30.7 Å². The summed E-state index contributed by atoms with van der Waals surface area (Å²) in [5.74, 6) is 0.688. The molecule has 3 nitrogen and oxygen atoms in total. The van der Waals surface area contributed by atoms with Gasteiger partial charge >= 0.3 is 0 Å². The van der Waals surface area contributed by atoms with E-state index in [9.17, 15) is 0 Å². The highest BCUT2D eigenvalue weighted by Gasteiger charge is 2.20. The number of aromatic nitrogens is 3. The van der Waals surface area contributed by atoms with Crippen LogP contribution < -0.4 is 0 Å². The van der Waals surface area contributed by atoms with Gasteiger partial charge in [0.1, 0.15) is 0 Å². The highest BCUT2D eigenvalue weighted by molar-refractivity contribution is 6.21. The maximum atomic E-state index is 5.39. The summed E-state index contributed by atoms with van der Waals surface area (Å²) in [6.45, 7) is 0. The molecule has 0 atom stereocenters. The Hall–Kier alpha value is -8.14. The molecule has 0 aliphatic rings. The molecule has 0 saturated heterocycles. The lowest BCUT2D eigenvalue weighted by Crippen LogP contribution is -1.98. The SMILES string of the molecule is c1ccc(-c2nc(-c3ccccc3-c3ccc4c(c3)c3ccccc3n4-c3ccccc3)cc(-c3ccccc3-c3c4ccccc4cc4c3ccc3ccccc34)n2)cc1. The maximum Gasteiger partial charge on any atom is 0.160 e. The third kappa shape index (κ3) is 5.82. The molecule has 3 heteroatoms. The quantitative estimate of drug-likeness (QED) is 0.124. The highest BCUT2D eigenvalue weighted by Crippen LogP contribution is 2.44. The van der Waals surface area contributed by atoms with E-state index in [0.717, 1.165) is 50.5 Å². The summed E-state index contributed by atoms with van der Waals surface area (Å²) in [5.41, 5.74) is 12.9. The van der Waals surface area contributed by atoms with E-state index in [2.05, 4.69) is 223 Å². The van der Waals surface area contributed by atoms with Crippen molar-refractivity contribution in [2.45, 2.75) is 0 Å². The second-order valence-corrected chi connectivity index (χ2v) is 15.7. The van der Waals surface area contributed by atoms with Crippen molar-refractivity contribution in [2.75, 3.05) is 0 Å². The molecule has 0 fully saturated rings. The van der Waals surface area contributed by atoms with Crippen LogP contribution in [0, 0.1) is 0 Å². The number of hydrogen-bond acceptors (Lipinski definition) is 2. The van der Waals surface area contributed by atoms with Gasteiger partial charge in [-0.05, 0) is 97.0 Å². The fourth-order valence-electron chi connectivity index (χ4n) is 9.43. The molecule has 0 bridgehead atoms. The minimum absolute atomic E-state index is 0.688. The van der Waals surface area contributed by atoms with Gasteiger partial charge in [-0.1, -0.05) is 182 Å². The molecule has 0 unspecified atom stereocenters. The minimum atomic E-state index is 0.688. The van der Waals surface area contributed by atoms with Crippen LogP contribution >= 0.6 is 0 Å². The lowest BCUT2D eigenvalue weighted by molar-refractivity contribution is 1.18. The van der Waals surface area contributed by atoms with Gasteiger partial charge in [0.05, 0.1) is 22.4 Å². The number of benzene rings is 10. The third-order valence-corrected chi connectivity index (χ3v) is 12.2. The molecule has 0 aliphatic heterocycles. The number of para-hydroxylation sites is 2. The monoisotopic (exact) mass is 775 g/mol. The summed E-state index contributed by atoms with van der Waals surface area (Å²) in [5, 5.41) is 9.80. The molecule has 61 heavy (non-hydrogen) atoms. The van der Waals surface area contributed by atoms with Gasteiger partial charge < -0.3 is 4.57 Å². The van der Waals surface area contributed by atoms with E-state index >= 15 is 0 Å². The molecule has 0 spiro atoms. The molecule has 10 aromatic carbocycles. The molecule has 284 valence electrons. The van der Waals surface area contributed by atoms with Crippen LogP contribution in [-0.4, -0.2) is 14.5 Å². The average Bonchev–Trinajstić information content (AvgIpc) is 3.67. The van der Waals surface area contributed by atoms with Gasteiger partial charge in [0.2, 0.25) is 0 Å². The van der Waals surface area contributed by atoms with E-state index in [1.54, 1.807) is 0 Å². The van der Waals surface area contributed by atoms with Crippen LogP contribution in [0.1, 0.15) is 0 Å². The summed E-state index contributed by atoms with van der Waals surface area (Å²) < 4.78 is 2.36. The fraction of sp³-hybridized carbons (Fsp3) is 0. The summed E-state index contributed by atoms with van der Waals surface area (Å²) in [6, 6.07) is 80.5. The Morgan fingerprint density at radius 3 is 1.64 bits per heavy atom. The van der Waals surface area contributed by atoms with E-state index in [0.29, 0.717) is 5.82 Å². The van der Waals surface area contributed by atoms with Crippen molar-refractivity contribution in [2.24, 2.45) is 0 Å². The van der Waals surface area contributed by atoms with E-state index in [4.69, 9.17) is 9.97 Å². The van der Waals surface area contributed by atoms with Crippen LogP contribution in [0.4, 0.5) is 0 Å². The van der Waals surface area contributed by atoms with Gasteiger partial charge in [-0.15, -0.1) is 0 Å². The molecule has 12 rings (SSSR count). The summed E-state index contributed by atoms with van der Waals surface area (Å²) >= 11 is 0. The van der Waals surface area contributed by atoms with Crippen molar-refractivity contribution >= 4 is 54.1 Å². The van der Waals surface area contributed by atoms with Crippen LogP contribution in [0.3, 0.4) is 0 Å². The second-order valence-electron chi connectivity index (χ2n) is 15.7. The van der Waals surface area contributed by atoms with Crippen LogP contribution in [0.2, 0.25) is 0 Å². The van der Waals surface area contributed by atoms with Crippen molar-refractivity contribution in [1.29, 1.82) is 0 Å². The zero-order valence-electron chi connectivity index (χ0n) is 33.2. The van der Waals surface area contributed by atoms with Gasteiger partial charge in [0.25, 0.3) is 0 Å². The van der Waals surface area contributed by atoms with Crippen LogP contribution in [0.15, 0.2) is 224 Å². The molecular weight excluding hydrogens is 739 g/mol. The van der Waals surface area contributed by atoms with Gasteiger partial charge in [-0.25, -0.2) is 9.97 Å². The highest BCUT2D eigenvalue weighted by atomic mass is 15.0. The average molecular weight is 776 g/mol. The maximum absolute atomic E-state index is 5.39. The van der Waals surface area contributed by atoms with Gasteiger partial charge in [0, 0.05) is 33.2 Å². The van der Waals surface area contributed by atoms with Crippen LogP contribution in [0.25, 0.3) is 116 Å². The largest absolute Gasteiger partial charge is 0.309 e. The van der Waals surface area contributed by atoms with E-state index < -0.39 is 0 Å². The Morgan fingerprint density at radius 1 is 0.295 bits per heavy atom. The fourth-order valence-corrected chi connectivity index (χ4v) is 9.43. The first-order chi connectivity index (χ1) is 30.3. The predicted molar refractivity (Wildman–Crippen MR) is 256 cm³/mol. The first-order valence-electron chi connectivity index (χ1n) is 20.8. The Balaban J connectivity index is 1.08. The summed E-state index contributed by atoms with van der Waals surface area (Å²) in [7, 11) is 0. The van der Waals surface area contributed by atoms with Gasteiger partial charge in [-0.3, -0.25) is 0 Å². The third-order valence-electron chi connectivity index (χ3n) is 12.2. The molecular formula is C58H37N3. The zero-order valence-corrected chi connectivity index (χ0v) is 33.2. The smallest absolute Gasteiger partial charge is 0.160 e. The zero-order chi connectivity index (χ0) is 40.3. The molecule has 2 aromatic heterocycles. The molecule has 12 aromatic rings. The van der Waals surface area contributed by atoms with Crippen molar-refractivity contribution < 1.29 is 0 Å². The standard InChI is InChI=1S/C58H37N3/c1-3-18-39(19-4-1)58-59-53(46-26-12-11-24-44(46)41-32-34-56-52(36-41)48-28-15-16-30-55(48)61(56)42-21-5-2-6-22-42)37-54(60-58)47-27-13-14-29-49(47)57-45-25-10-8-20-40(45)35-51-43-23-9-7-17-38(43)31-33-50(51)57/h1-37H. The number of rotatable bonds is 6. The normalized spacial score (nSPS) is 11.6. The van der Waals surface area contributed by atoms with Crippen LogP contribution in [-0.2, 0) is 0 Å². The second kappa shape index (κ2) is 14.3. The molecule has 2 heterocycles. The van der Waals surface area contributed by atoms with Gasteiger partial charge in [-0.2, -0.15) is 0 Å². The number of fused-ring (bicyclic) bond motifs is 7. The Kier molecular flexibility index (Phi) is 8.17. The predicted octanol–water partition coefficient (Wildman–Crippen LogP) is 15.4. The molecule has 0 aliphatic carbocycles. The number of nitrogens with zero attached hydrogens (tertiary/aromatic N) is 3. The Bertz CT molecular complexity index is 3640. The lowest BCUT2D eigenvalue weighted by Gasteiger charge is -2.18. The first-order valence-corrected chi connectivity index (χ1v) is 20.8. The molecule has 0 amide bonds. The van der Waals surface area contributed by atoms with Crippen molar-refractivity contribution in [3.63, 3.8) is 0 Å². The molecule has 0 radical (unpaired) electrons. The Labute approximate surface area is 353 Å². The van der Waals surface area contributed by atoms with Crippen molar-refractivity contribution in [3.8, 4) is 61.8 Å². The van der Waals surface area contributed by atoms with E-state index in [1.165, 1.54) is 59.7 Å². The summed E-state index contributed by atoms with van der Waals surface area (Å²) in [6.07, 6.45) is 0. The minimum Gasteiger partial charge on any atom is -0.309 e. The van der Waals surface area contributed by atoms with Crippen LogP contribution in [0.5, 0.6) is 0 Å². The molecule has 0 saturated carbocycles. The summed E-state index contributed by atoms with van der Waals surface area (Å²) in [4.78, 5) is 10.8. The van der Waals surface area contributed by atoms with Gasteiger partial charge in [0.15, 0.2) is 5.82 Å². The van der Waals surface area contributed by atoms with Crippen molar-refractivity contribution in [1.82, 2.24) is 14.5 Å². The lowest BCUT2D eigenvalue weighted by atomic mass is 9.87. The van der Waals surface area contributed by atoms with E-state index in [1.807, 2.05) is 6.07 Å². The first kappa shape index (κ1) is 34.9.